The molecule has 8 nitrogen and oxygen atoms in total. The van der Waals surface area contributed by atoms with Gasteiger partial charge in [0.25, 0.3) is 21.8 Å². The van der Waals surface area contributed by atoms with Gasteiger partial charge in [0, 0.05) is 16.1 Å². The van der Waals surface area contributed by atoms with E-state index in [0.29, 0.717) is 17.1 Å². The van der Waals surface area contributed by atoms with Gasteiger partial charge in [0.05, 0.1) is 10.5 Å². The zero-order valence-corrected chi connectivity index (χ0v) is 18.5. The van der Waals surface area contributed by atoms with Crippen molar-refractivity contribution < 1.29 is 17.6 Å². The molecule has 0 bridgehead atoms. The van der Waals surface area contributed by atoms with Crippen LogP contribution in [0.15, 0.2) is 93.1 Å². The summed E-state index contributed by atoms with van der Waals surface area (Å²) >= 11 is 1.55. The number of anilines is 2. The van der Waals surface area contributed by atoms with Crippen LogP contribution in [0.25, 0.3) is 11.5 Å². The van der Waals surface area contributed by atoms with Crippen molar-refractivity contribution in [2.75, 3.05) is 16.3 Å². The van der Waals surface area contributed by atoms with Crippen molar-refractivity contribution in [3.8, 4) is 11.5 Å². The Bertz CT molecular complexity index is 1340. The van der Waals surface area contributed by atoms with E-state index in [4.69, 9.17) is 4.42 Å². The number of amides is 1. The highest BCUT2D eigenvalue weighted by Gasteiger charge is 2.16. The molecule has 0 unspecified atom stereocenters. The van der Waals surface area contributed by atoms with Crippen LogP contribution in [0, 0.1) is 0 Å². The lowest BCUT2D eigenvalue weighted by molar-refractivity contribution is 0.102. The van der Waals surface area contributed by atoms with Crippen molar-refractivity contribution in [3.05, 3.63) is 84.4 Å². The van der Waals surface area contributed by atoms with Crippen LogP contribution in [0.2, 0.25) is 0 Å². The molecule has 4 rings (SSSR count). The molecule has 32 heavy (non-hydrogen) atoms. The molecule has 2 N–H and O–H groups in total. The Morgan fingerprint density at radius 3 is 2.31 bits per heavy atom. The van der Waals surface area contributed by atoms with Gasteiger partial charge in [-0.15, -0.1) is 16.9 Å². The molecule has 162 valence electrons. The quantitative estimate of drug-likeness (QED) is 0.385. The number of aromatic nitrogens is 2. The van der Waals surface area contributed by atoms with Crippen LogP contribution in [-0.4, -0.2) is 30.8 Å². The first kappa shape index (κ1) is 21.6. The lowest BCUT2D eigenvalue weighted by Crippen LogP contribution is -2.14. The van der Waals surface area contributed by atoms with Gasteiger partial charge in [-0.25, -0.2) is 8.42 Å². The molecule has 4 aromatic rings. The molecule has 0 saturated heterocycles. The molecular weight excluding hydrogens is 448 g/mol. The zero-order valence-electron chi connectivity index (χ0n) is 16.8. The van der Waals surface area contributed by atoms with Crippen molar-refractivity contribution in [2.24, 2.45) is 0 Å². The number of nitrogens with zero attached hydrogens (tertiary/aromatic N) is 2. The number of sulfonamides is 1. The minimum absolute atomic E-state index is 0.0326. The average Bonchev–Trinajstić information content (AvgIpc) is 3.28. The third kappa shape index (κ3) is 4.82. The van der Waals surface area contributed by atoms with Gasteiger partial charge in [-0.3, -0.25) is 14.8 Å². The van der Waals surface area contributed by atoms with E-state index in [1.165, 1.54) is 36.4 Å². The smallest absolute Gasteiger partial charge is 0.322 e. The van der Waals surface area contributed by atoms with Crippen molar-refractivity contribution >= 4 is 39.4 Å². The van der Waals surface area contributed by atoms with Crippen molar-refractivity contribution in [1.29, 1.82) is 0 Å². The fourth-order valence-electron chi connectivity index (χ4n) is 2.88. The van der Waals surface area contributed by atoms with Gasteiger partial charge < -0.3 is 4.42 Å². The van der Waals surface area contributed by atoms with Crippen LogP contribution in [0.1, 0.15) is 10.4 Å². The number of rotatable bonds is 7. The molecule has 0 fully saturated rings. The summed E-state index contributed by atoms with van der Waals surface area (Å²) in [5.41, 5.74) is 1.42. The van der Waals surface area contributed by atoms with Gasteiger partial charge in [-0.05, 0) is 54.8 Å². The minimum atomic E-state index is -3.71. The topological polar surface area (TPSA) is 114 Å². The van der Waals surface area contributed by atoms with Crippen LogP contribution >= 0.6 is 11.8 Å². The van der Waals surface area contributed by atoms with E-state index in [1.54, 1.807) is 30.0 Å². The van der Waals surface area contributed by atoms with E-state index in [1.807, 2.05) is 30.5 Å². The van der Waals surface area contributed by atoms with Gasteiger partial charge in [0.15, 0.2) is 0 Å². The molecule has 0 aliphatic heterocycles. The average molecular weight is 467 g/mol. The third-order valence-electron chi connectivity index (χ3n) is 4.44. The van der Waals surface area contributed by atoms with Crippen molar-refractivity contribution in [1.82, 2.24) is 10.2 Å². The maximum Gasteiger partial charge on any atom is 0.322 e. The molecule has 0 atom stereocenters. The summed E-state index contributed by atoms with van der Waals surface area (Å²) in [5, 5.41) is 10.4. The van der Waals surface area contributed by atoms with Crippen molar-refractivity contribution in [2.45, 2.75) is 9.79 Å². The summed E-state index contributed by atoms with van der Waals surface area (Å²) in [6.45, 7) is 0. The van der Waals surface area contributed by atoms with Gasteiger partial charge >= 0.3 is 6.01 Å². The molecule has 0 aliphatic carbocycles. The number of carbonyl (C=O) groups is 1. The summed E-state index contributed by atoms with van der Waals surface area (Å²) < 4.78 is 32.9. The number of benzene rings is 3. The molecule has 1 aromatic heterocycles. The highest BCUT2D eigenvalue weighted by atomic mass is 32.2. The Kier molecular flexibility index (Phi) is 6.24. The number of hydrogen-bond acceptors (Lipinski definition) is 7. The van der Waals surface area contributed by atoms with E-state index < -0.39 is 15.9 Å². The predicted molar refractivity (Wildman–Crippen MR) is 123 cm³/mol. The van der Waals surface area contributed by atoms with E-state index in [2.05, 4.69) is 20.2 Å². The summed E-state index contributed by atoms with van der Waals surface area (Å²) in [6.07, 6.45) is 1.95. The number of carbonyl (C=O) groups excluding carboxylic acids is 1. The zero-order chi connectivity index (χ0) is 22.6. The largest absolute Gasteiger partial charge is 0.403 e. The first-order valence-electron chi connectivity index (χ1n) is 9.42. The van der Waals surface area contributed by atoms with Gasteiger partial charge in [-0.2, -0.15) is 0 Å². The van der Waals surface area contributed by atoms with Crippen LogP contribution in [0.4, 0.5) is 11.7 Å². The van der Waals surface area contributed by atoms with Crippen molar-refractivity contribution in [3.63, 3.8) is 0 Å². The van der Waals surface area contributed by atoms with Gasteiger partial charge in [0.1, 0.15) is 0 Å². The maximum atomic E-state index is 12.5. The molecule has 10 heteroatoms. The van der Waals surface area contributed by atoms with E-state index in [-0.39, 0.29) is 10.9 Å². The maximum absolute atomic E-state index is 12.5. The highest BCUT2D eigenvalue weighted by molar-refractivity contribution is 7.98. The van der Waals surface area contributed by atoms with E-state index >= 15 is 0 Å². The molecule has 1 heterocycles. The molecule has 0 saturated carbocycles. The van der Waals surface area contributed by atoms with Gasteiger partial charge in [-0.1, -0.05) is 35.4 Å². The Labute approximate surface area is 189 Å². The summed E-state index contributed by atoms with van der Waals surface area (Å²) in [7, 11) is -3.71. The molecule has 0 aliphatic rings. The normalized spacial score (nSPS) is 11.2. The van der Waals surface area contributed by atoms with Crippen LogP contribution in [0.3, 0.4) is 0 Å². The molecular formula is C22H18N4O4S2. The summed E-state index contributed by atoms with van der Waals surface area (Å²) in [6, 6.07) is 21.6. The first-order chi connectivity index (χ1) is 15.5. The highest BCUT2D eigenvalue weighted by Crippen LogP contribution is 2.29. The third-order valence-corrected chi connectivity index (χ3v) is 6.63. The van der Waals surface area contributed by atoms with E-state index in [0.717, 1.165) is 10.5 Å². The molecule has 1 amide bonds. The number of hydrogen-bond donors (Lipinski definition) is 2. The standard InChI is InChI=1S/C22H18N4O4S2/c1-31-19-10-6-5-9-18(19)21-24-25-22(30-21)23-20(27)15-11-13-16(14-12-15)26-32(28,29)17-7-3-2-4-8-17/h2-14,26H,1H3,(H,23,25,27). The Morgan fingerprint density at radius 1 is 0.906 bits per heavy atom. The lowest BCUT2D eigenvalue weighted by Gasteiger charge is -2.08. The van der Waals surface area contributed by atoms with Crippen LogP contribution in [-0.2, 0) is 10.0 Å². The van der Waals surface area contributed by atoms with Crippen LogP contribution in [0.5, 0.6) is 0 Å². The predicted octanol–water partition coefficient (Wildman–Crippen LogP) is 4.51. The van der Waals surface area contributed by atoms with Crippen LogP contribution < -0.4 is 10.0 Å². The monoisotopic (exact) mass is 466 g/mol. The molecule has 3 aromatic carbocycles. The lowest BCUT2D eigenvalue weighted by atomic mass is 10.2. The Balaban J connectivity index is 1.44. The Morgan fingerprint density at radius 2 is 1.59 bits per heavy atom. The summed E-state index contributed by atoms with van der Waals surface area (Å²) in [4.78, 5) is 13.6. The fourth-order valence-corrected chi connectivity index (χ4v) is 4.55. The fraction of sp³-hybridized carbons (Fsp3) is 0.0455. The SMILES string of the molecule is CSc1ccccc1-c1nnc(NC(=O)c2ccc(NS(=O)(=O)c3ccccc3)cc2)o1. The van der Waals surface area contributed by atoms with E-state index in [9.17, 15) is 13.2 Å². The number of thioether (sulfide) groups is 1. The second-order valence-electron chi connectivity index (χ2n) is 6.56. The molecule has 0 radical (unpaired) electrons. The summed E-state index contributed by atoms with van der Waals surface area (Å²) in [5.74, 6) is -0.160. The van der Waals surface area contributed by atoms with Gasteiger partial charge in [0.2, 0.25) is 0 Å². The second kappa shape index (κ2) is 9.25. The molecule has 0 spiro atoms. The number of nitrogens with one attached hydrogen (secondary N) is 2. The Hall–Kier alpha value is -3.63. The second-order valence-corrected chi connectivity index (χ2v) is 9.09. The minimum Gasteiger partial charge on any atom is -0.403 e. The first-order valence-corrected chi connectivity index (χ1v) is 12.1.